The van der Waals surface area contributed by atoms with Gasteiger partial charge in [-0.15, -0.1) is 0 Å². The van der Waals surface area contributed by atoms with Crippen LogP contribution in [0.4, 0.5) is 14.5 Å². The van der Waals surface area contributed by atoms with Crippen LogP contribution in [0.5, 0.6) is 0 Å². The van der Waals surface area contributed by atoms with Crippen LogP contribution in [0.15, 0.2) is 29.2 Å². The maximum absolute atomic E-state index is 13.8. The minimum Gasteiger partial charge on any atom is -0.480 e. The van der Waals surface area contributed by atoms with Crippen LogP contribution in [0.3, 0.4) is 0 Å². The number of halogens is 3. The zero-order valence-electron chi connectivity index (χ0n) is 13.5. The molecular formula is C16H16ClF2N3O3. The van der Waals surface area contributed by atoms with Gasteiger partial charge in [0.15, 0.2) is 5.82 Å². The number of nitrogens with one attached hydrogen (secondary N) is 1. The Kier molecular flexibility index (Phi) is 5.73. The number of hydrogen-bond donors (Lipinski definition) is 2. The fourth-order valence-electron chi connectivity index (χ4n) is 2.24. The molecule has 0 bridgehead atoms. The Morgan fingerprint density at radius 2 is 2.08 bits per heavy atom. The summed E-state index contributed by atoms with van der Waals surface area (Å²) in [4.78, 5) is 23.6. The van der Waals surface area contributed by atoms with Gasteiger partial charge in [-0.2, -0.15) is 9.78 Å². The molecule has 0 radical (unpaired) electrons. The molecule has 2 rings (SSSR count). The van der Waals surface area contributed by atoms with Gasteiger partial charge in [0.1, 0.15) is 22.6 Å². The Morgan fingerprint density at radius 3 is 2.64 bits per heavy atom. The van der Waals surface area contributed by atoms with E-state index in [-0.39, 0.29) is 22.3 Å². The first-order chi connectivity index (χ1) is 11.7. The Hall–Kier alpha value is -2.48. The summed E-state index contributed by atoms with van der Waals surface area (Å²) in [7, 11) is 0. The van der Waals surface area contributed by atoms with Gasteiger partial charge >= 0.3 is 5.97 Å². The normalized spacial score (nSPS) is 12.2. The van der Waals surface area contributed by atoms with Crippen LogP contribution in [0.1, 0.15) is 20.3 Å². The van der Waals surface area contributed by atoms with Crippen LogP contribution in [-0.2, 0) is 4.79 Å². The lowest BCUT2D eigenvalue weighted by molar-refractivity contribution is -0.138. The van der Waals surface area contributed by atoms with Crippen LogP contribution in [0.25, 0.3) is 5.69 Å². The van der Waals surface area contributed by atoms with Crippen LogP contribution >= 0.6 is 11.6 Å². The van der Waals surface area contributed by atoms with Crippen molar-refractivity contribution >= 4 is 23.3 Å². The number of aromatic nitrogens is 2. The second-order valence-corrected chi connectivity index (χ2v) is 6.23. The van der Waals surface area contributed by atoms with Crippen molar-refractivity contribution in [1.29, 1.82) is 0 Å². The smallest absolute Gasteiger partial charge is 0.326 e. The third kappa shape index (κ3) is 4.33. The van der Waals surface area contributed by atoms with Gasteiger partial charge in [-0.1, -0.05) is 25.4 Å². The third-order valence-corrected chi connectivity index (χ3v) is 3.76. The van der Waals surface area contributed by atoms with Crippen molar-refractivity contribution in [3.05, 3.63) is 51.4 Å². The molecule has 134 valence electrons. The second-order valence-electron chi connectivity index (χ2n) is 5.85. The molecule has 1 aromatic heterocycles. The quantitative estimate of drug-likeness (QED) is 0.815. The molecule has 0 spiro atoms. The molecule has 9 heteroatoms. The number of carboxylic acids is 1. The van der Waals surface area contributed by atoms with Gasteiger partial charge < -0.3 is 10.4 Å². The predicted octanol–water partition coefficient (Wildman–Crippen LogP) is 3.08. The van der Waals surface area contributed by atoms with Crippen molar-refractivity contribution in [3.8, 4) is 5.69 Å². The molecule has 1 unspecified atom stereocenters. The molecule has 0 amide bonds. The van der Waals surface area contributed by atoms with Crippen molar-refractivity contribution in [2.75, 3.05) is 5.32 Å². The standard InChI is InChI=1S/C16H16ClF2N3O3/c1-8(2)5-11(16(24)25)21-12-7-20-22(15(23)14(12)17)13-4-3-9(18)6-10(13)19/h3-4,6-8,11,21H,5H2,1-2H3,(H,24,25). The Morgan fingerprint density at radius 1 is 1.40 bits per heavy atom. The summed E-state index contributed by atoms with van der Waals surface area (Å²) in [6.45, 7) is 3.71. The Balaban J connectivity index is 2.40. The highest BCUT2D eigenvalue weighted by Crippen LogP contribution is 2.20. The zero-order chi connectivity index (χ0) is 18.7. The lowest BCUT2D eigenvalue weighted by Gasteiger charge is -2.18. The maximum atomic E-state index is 13.8. The van der Waals surface area contributed by atoms with Crippen molar-refractivity contribution < 1.29 is 18.7 Å². The highest BCUT2D eigenvalue weighted by molar-refractivity contribution is 6.33. The maximum Gasteiger partial charge on any atom is 0.326 e. The molecule has 0 aliphatic heterocycles. The molecule has 1 heterocycles. The number of hydrogen-bond acceptors (Lipinski definition) is 4. The monoisotopic (exact) mass is 371 g/mol. The van der Waals surface area contributed by atoms with Crippen molar-refractivity contribution in [2.24, 2.45) is 5.92 Å². The van der Waals surface area contributed by atoms with E-state index in [1.807, 2.05) is 13.8 Å². The highest BCUT2D eigenvalue weighted by Gasteiger charge is 2.21. The fourth-order valence-corrected chi connectivity index (χ4v) is 2.42. The van der Waals surface area contributed by atoms with Gasteiger partial charge in [-0.3, -0.25) is 4.79 Å². The Labute approximate surface area is 147 Å². The summed E-state index contributed by atoms with van der Waals surface area (Å²) in [5, 5.41) is 15.4. The van der Waals surface area contributed by atoms with Crippen LogP contribution in [-0.4, -0.2) is 26.9 Å². The summed E-state index contributed by atoms with van der Waals surface area (Å²) in [5.74, 6) is -2.78. The van der Waals surface area contributed by atoms with E-state index in [0.29, 0.717) is 17.2 Å². The summed E-state index contributed by atoms with van der Waals surface area (Å²) in [5.41, 5.74) is -1.10. The predicted molar refractivity (Wildman–Crippen MR) is 89.3 cm³/mol. The van der Waals surface area contributed by atoms with Gasteiger partial charge in [-0.25, -0.2) is 13.6 Å². The molecule has 6 nitrogen and oxygen atoms in total. The van der Waals surface area contributed by atoms with Crippen molar-refractivity contribution in [3.63, 3.8) is 0 Å². The average molecular weight is 372 g/mol. The van der Waals surface area contributed by atoms with E-state index in [0.717, 1.165) is 18.3 Å². The summed E-state index contributed by atoms with van der Waals surface area (Å²) < 4.78 is 27.5. The van der Waals surface area contributed by atoms with Gasteiger partial charge in [0.05, 0.1) is 11.9 Å². The first-order valence-corrected chi connectivity index (χ1v) is 7.81. The summed E-state index contributed by atoms with van der Waals surface area (Å²) >= 11 is 5.99. The molecule has 2 aromatic rings. The Bertz CT molecular complexity index is 855. The van der Waals surface area contributed by atoms with E-state index < -0.39 is 29.2 Å². The van der Waals surface area contributed by atoms with E-state index in [1.54, 1.807) is 0 Å². The molecule has 0 saturated heterocycles. The molecular weight excluding hydrogens is 356 g/mol. The molecule has 25 heavy (non-hydrogen) atoms. The highest BCUT2D eigenvalue weighted by atomic mass is 35.5. The second kappa shape index (κ2) is 7.60. The van der Waals surface area contributed by atoms with E-state index in [2.05, 4.69) is 10.4 Å². The zero-order valence-corrected chi connectivity index (χ0v) is 14.2. The van der Waals surface area contributed by atoms with E-state index in [4.69, 9.17) is 11.6 Å². The van der Waals surface area contributed by atoms with Crippen molar-refractivity contribution in [2.45, 2.75) is 26.3 Å². The van der Waals surface area contributed by atoms with Crippen LogP contribution < -0.4 is 10.9 Å². The molecule has 2 N–H and O–H groups in total. The number of rotatable bonds is 6. The summed E-state index contributed by atoms with van der Waals surface area (Å²) in [6, 6.07) is 1.70. The summed E-state index contributed by atoms with van der Waals surface area (Å²) in [6.07, 6.45) is 1.43. The molecule has 0 aliphatic carbocycles. The minimum atomic E-state index is -1.10. The molecule has 0 saturated carbocycles. The molecule has 1 atom stereocenters. The fraction of sp³-hybridized carbons (Fsp3) is 0.312. The number of nitrogens with zero attached hydrogens (tertiary/aromatic N) is 2. The van der Waals surface area contributed by atoms with Gasteiger partial charge in [0.2, 0.25) is 0 Å². The molecule has 0 aliphatic rings. The van der Waals surface area contributed by atoms with Crippen molar-refractivity contribution in [1.82, 2.24) is 9.78 Å². The first kappa shape index (κ1) is 18.9. The minimum absolute atomic E-state index is 0.0264. The molecule has 0 fully saturated rings. The number of anilines is 1. The first-order valence-electron chi connectivity index (χ1n) is 7.43. The SMILES string of the molecule is CC(C)CC(Nc1cnn(-c2ccc(F)cc2F)c(=O)c1Cl)C(=O)O. The third-order valence-electron chi connectivity index (χ3n) is 3.39. The van der Waals surface area contributed by atoms with E-state index in [1.165, 1.54) is 0 Å². The largest absolute Gasteiger partial charge is 0.480 e. The lowest BCUT2D eigenvalue weighted by atomic mass is 10.0. The number of benzene rings is 1. The average Bonchev–Trinajstić information content (AvgIpc) is 2.51. The number of carboxylic acid groups (broad SMARTS) is 1. The van der Waals surface area contributed by atoms with Crippen LogP contribution in [0.2, 0.25) is 5.02 Å². The molecule has 1 aromatic carbocycles. The number of aliphatic carboxylic acids is 1. The van der Waals surface area contributed by atoms with Gasteiger partial charge in [0, 0.05) is 6.07 Å². The van der Waals surface area contributed by atoms with Crippen LogP contribution in [0, 0.1) is 17.6 Å². The van der Waals surface area contributed by atoms with Gasteiger partial charge in [0.25, 0.3) is 5.56 Å². The topological polar surface area (TPSA) is 84.2 Å². The lowest BCUT2D eigenvalue weighted by Crippen LogP contribution is -2.32. The van der Waals surface area contributed by atoms with Gasteiger partial charge in [-0.05, 0) is 24.5 Å². The van der Waals surface area contributed by atoms with E-state index in [9.17, 15) is 23.5 Å². The number of carbonyl (C=O) groups is 1. The van der Waals surface area contributed by atoms with E-state index >= 15 is 0 Å².